The lowest BCUT2D eigenvalue weighted by Gasteiger charge is -2.29. The maximum Gasteiger partial charge on any atom is 0.416 e. The molecule has 5 rings (SSSR count). The van der Waals surface area contributed by atoms with E-state index in [9.17, 15) is 23.5 Å². The number of nitrogens with zero attached hydrogens (tertiary/aromatic N) is 6. The van der Waals surface area contributed by atoms with Gasteiger partial charge in [0.15, 0.2) is 5.60 Å². The molecule has 0 fully saturated rings. The molecule has 3 heterocycles. The maximum atomic E-state index is 13.1. The van der Waals surface area contributed by atoms with Gasteiger partial charge in [-0.15, -0.1) is 5.10 Å². The molecule has 0 saturated heterocycles. The van der Waals surface area contributed by atoms with Crippen molar-refractivity contribution in [1.82, 2.24) is 25.1 Å². The smallest absolute Gasteiger partial charge is 0.416 e. The van der Waals surface area contributed by atoms with Crippen LogP contribution in [-0.2, 0) is 25.2 Å². The number of aliphatic hydroxyl groups is 1. The first kappa shape index (κ1) is 26.8. The predicted molar refractivity (Wildman–Crippen MR) is 136 cm³/mol. The third-order valence-corrected chi connectivity index (χ3v) is 6.91. The summed E-state index contributed by atoms with van der Waals surface area (Å²) in [7, 11) is 3.05. The van der Waals surface area contributed by atoms with Gasteiger partial charge in [-0.25, -0.2) is 9.67 Å². The summed E-state index contributed by atoms with van der Waals surface area (Å²) in [5.41, 5.74) is 0.583. The molecule has 0 aliphatic rings. The van der Waals surface area contributed by atoms with E-state index in [1.807, 2.05) is 0 Å². The topological polar surface area (TPSA) is 123 Å². The van der Waals surface area contributed by atoms with Gasteiger partial charge in [-0.05, 0) is 49.2 Å². The summed E-state index contributed by atoms with van der Waals surface area (Å²) in [6.07, 6.45) is -2.93. The van der Waals surface area contributed by atoms with Gasteiger partial charge in [-0.1, -0.05) is 28.6 Å². The molecular formula is C28H23F3N6O3. The summed E-state index contributed by atoms with van der Waals surface area (Å²) in [5, 5.41) is 35.0. The number of nitriles is 1. The number of pyridine rings is 1. The second-order valence-corrected chi connectivity index (χ2v) is 9.34. The van der Waals surface area contributed by atoms with Crippen LogP contribution in [0.1, 0.15) is 50.5 Å². The van der Waals surface area contributed by atoms with Crippen molar-refractivity contribution in [3.05, 3.63) is 99.2 Å². The molecule has 3 aromatic heterocycles. The van der Waals surface area contributed by atoms with Crippen molar-refractivity contribution < 1.29 is 27.5 Å². The number of alkyl halides is 3. The summed E-state index contributed by atoms with van der Waals surface area (Å²) in [6, 6.07) is 11.9. The Morgan fingerprint density at radius 3 is 2.35 bits per heavy atom. The Morgan fingerprint density at radius 1 is 1.10 bits per heavy atom. The van der Waals surface area contributed by atoms with Crippen molar-refractivity contribution in [2.45, 2.75) is 32.0 Å². The van der Waals surface area contributed by atoms with Crippen molar-refractivity contribution in [3.63, 3.8) is 0 Å². The lowest BCUT2D eigenvalue weighted by Crippen LogP contribution is -2.32. The lowest BCUT2D eigenvalue weighted by molar-refractivity contribution is -0.137. The molecule has 0 saturated carbocycles. The normalized spacial score (nSPS) is 13.3. The highest BCUT2D eigenvalue weighted by Gasteiger charge is 2.42. The molecule has 0 aliphatic heterocycles. The van der Waals surface area contributed by atoms with Crippen LogP contribution in [0.5, 0.6) is 5.88 Å². The van der Waals surface area contributed by atoms with Gasteiger partial charge in [0, 0.05) is 24.4 Å². The van der Waals surface area contributed by atoms with Gasteiger partial charge in [-0.2, -0.15) is 18.4 Å². The van der Waals surface area contributed by atoms with E-state index < -0.39 is 17.3 Å². The van der Waals surface area contributed by atoms with E-state index in [4.69, 9.17) is 9.26 Å². The third-order valence-electron chi connectivity index (χ3n) is 6.91. The van der Waals surface area contributed by atoms with Gasteiger partial charge in [-0.3, -0.25) is 0 Å². The molecule has 1 atom stereocenters. The molecule has 0 amide bonds. The number of hydrogen-bond donors (Lipinski definition) is 1. The lowest BCUT2D eigenvalue weighted by atomic mass is 9.81. The number of halogens is 3. The minimum atomic E-state index is -4.46. The molecule has 0 aliphatic carbocycles. The van der Waals surface area contributed by atoms with Crippen LogP contribution in [0, 0.1) is 25.2 Å². The van der Waals surface area contributed by atoms with Crippen LogP contribution in [0.3, 0.4) is 0 Å². The number of aromatic nitrogens is 5. The number of fused-ring (bicyclic) bond motifs is 1. The molecule has 5 aromatic rings. The standard InChI is InChI=1S/C28H23F3N6O3/c1-15-25(16(2)40-35-15)27(38,24-14-33-36-37(24)3)19-9-10-23-20(12-19)22(13-32)21(26(34-23)39-4)11-17-5-7-18(8-6-17)28(29,30)31/h5-10,12,14,38H,11H2,1-4H3. The van der Waals surface area contributed by atoms with E-state index in [1.54, 1.807) is 39.1 Å². The molecule has 12 heteroatoms. The molecular weight excluding hydrogens is 525 g/mol. The van der Waals surface area contributed by atoms with Crippen molar-refractivity contribution in [1.29, 1.82) is 5.26 Å². The average molecular weight is 549 g/mol. The fourth-order valence-corrected chi connectivity index (χ4v) is 5.02. The zero-order valence-electron chi connectivity index (χ0n) is 21.9. The van der Waals surface area contributed by atoms with Crippen LogP contribution >= 0.6 is 0 Å². The summed E-state index contributed by atoms with van der Waals surface area (Å²) in [6.45, 7) is 3.39. The Balaban J connectivity index is 1.72. The number of aryl methyl sites for hydroxylation is 3. The van der Waals surface area contributed by atoms with Crippen LogP contribution in [0.4, 0.5) is 13.2 Å². The average Bonchev–Trinajstić information content (AvgIpc) is 3.52. The van der Waals surface area contributed by atoms with Crippen molar-refractivity contribution in [2.24, 2.45) is 7.05 Å². The first-order chi connectivity index (χ1) is 19.0. The Morgan fingerprint density at radius 2 is 1.80 bits per heavy atom. The zero-order valence-corrected chi connectivity index (χ0v) is 21.9. The largest absolute Gasteiger partial charge is 0.481 e. The monoisotopic (exact) mass is 548 g/mol. The highest BCUT2D eigenvalue weighted by Crippen LogP contribution is 2.41. The summed E-state index contributed by atoms with van der Waals surface area (Å²) >= 11 is 0. The van der Waals surface area contributed by atoms with E-state index in [-0.39, 0.29) is 17.9 Å². The van der Waals surface area contributed by atoms with Crippen LogP contribution in [0.15, 0.2) is 53.2 Å². The molecule has 204 valence electrons. The molecule has 0 bridgehead atoms. The van der Waals surface area contributed by atoms with Gasteiger partial charge >= 0.3 is 6.18 Å². The van der Waals surface area contributed by atoms with E-state index >= 15 is 0 Å². The number of rotatable bonds is 6. The zero-order chi connectivity index (χ0) is 28.8. The van der Waals surface area contributed by atoms with Crippen LogP contribution in [0.2, 0.25) is 0 Å². The van der Waals surface area contributed by atoms with Crippen molar-refractivity contribution in [2.75, 3.05) is 7.11 Å². The van der Waals surface area contributed by atoms with Gasteiger partial charge < -0.3 is 14.4 Å². The highest BCUT2D eigenvalue weighted by atomic mass is 19.4. The Kier molecular flexibility index (Phi) is 6.55. The summed E-state index contributed by atoms with van der Waals surface area (Å²) in [4.78, 5) is 4.56. The second-order valence-electron chi connectivity index (χ2n) is 9.34. The van der Waals surface area contributed by atoms with Gasteiger partial charge in [0.1, 0.15) is 11.8 Å². The molecule has 1 unspecified atom stereocenters. The van der Waals surface area contributed by atoms with Gasteiger partial charge in [0.05, 0.1) is 46.9 Å². The Labute approximate surface area is 226 Å². The van der Waals surface area contributed by atoms with E-state index in [1.165, 1.54) is 30.1 Å². The maximum absolute atomic E-state index is 13.1. The van der Waals surface area contributed by atoms with Gasteiger partial charge in [0.25, 0.3) is 0 Å². The molecule has 0 spiro atoms. The molecule has 0 radical (unpaired) electrons. The summed E-state index contributed by atoms with van der Waals surface area (Å²) < 4.78 is 51.5. The first-order valence-electron chi connectivity index (χ1n) is 12.1. The predicted octanol–water partition coefficient (Wildman–Crippen LogP) is 4.74. The number of hydrogen-bond acceptors (Lipinski definition) is 8. The molecule has 9 nitrogen and oxygen atoms in total. The van der Waals surface area contributed by atoms with E-state index in [0.717, 1.165) is 12.1 Å². The Bertz CT molecular complexity index is 1750. The van der Waals surface area contributed by atoms with E-state index in [2.05, 4.69) is 26.5 Å². The fraction of sp³-hybridized carbons (Fsp3) is 0.250. The van der Waals surface area contributed by atoms with Crippen molar-refractivity contribution >= 4 is 10.9 Å². The molecule has 1 N–H and O–H groups in total. The van der Waals surface area contributed by atoms with Crippen LogP contribution in [-0.4, -0.2) is 37.4 Å². The van der Waals surface area contributed by atoms with E-state index in [0.29, 0.717) is 50.3 Å². The second kappa shape index (κ2) is 9.77. The first-order valence-corrected chi connectivity index (χ1v) is 12.1. The summed E-state index contributed by atoms with van der Waals surface area (Å²) in [5.74, 6) is 0.561. The molecule has 2 aromatic carbocycles. The number of ether oxygens (including phenoxy) is 1. The van der Waals surface area contributed by atoms with Gasteiger partial charge in [0.2, 0.25) is 5.88 Å². The number of benzene rings is 2. The Hall–Kier alpha value is -4.76. The van der Waals surface area contributed by atoms with Crippen LogP contribution in [0.25, 0.3) is 10.9 Å². The number of methoxy groups -OCH3 is 1. The highest BCUT2D eigenvalue weighted by molar-refractivity contribution is 5.88. The third kappa shape index (κ3) is 4.34. The SMILES string of the molecule is COc1nc2ccc(C(O)(c3c(C)noc3C)c3cnnn3C)cc2c(C#N)c1Cc1ccc(C(F)(F)F)cc1. The fourth-order valence-electron chi connectivity index (χ4n) is 5.02. The van der Waals surface area contributed by atoms with Crippen LogP contribution < -0.4 is 4.74 Å². The minimum absolute atomic E-state index is 0.0944. The van der Waals surface area contributed by atoms with Crippen molar-refractivity contribution in [3.8, 4) is 11.9 Å². The quantitative estimate of drug-likeness (QED) is 0.323. The molecule has 40 heavy (non-hydrogen) atoms. The minimum Gasteiger partial charge on any atom is -0.481 e.